The Balaban J connectivity index is 2.02. The molecule has 2 aromatic carbocycles. The van der Waals surface area contributed by atoms with Crippen LogP contribution in [0.5, 0.6) is 0 Å². The first-order valence-corrected chi connectivity index (χ1v) is 7.08. The van der Waals surface area contributed by atoms with Crippen molar-refractivity contribution in [3.63, 3.8) is 0 Å². The first-order chi connectivity index (χ1) is 10.1. The minimum Gasteiger partial charge on any atom is -0.378 e. The van der Waals surface area contributed by atoms with Crippen molar-refractivity contribution >= 4 is 23.0 Å². The highest BCUT2D eigenvalue weighted by Gasteiger charge is 2.28. The van der Waals surface area contributed by atoms with Crippen LogP contribution in [0, 0.1) is 6.92 Å². The molecule has 1 heterocycles. The van der Waals surface area contributed by atoms with Gasteiger partial charge in [-0.15, -0.1) is 0 Å². The number of nitrogens with zero attached hydrogens (tertiary/aromatic N) is 1. The summed E-state index contributed by atoms with van der Waals surface area (Å²) in [5.41, 5.74) is 4.68. The van der Waals surface area contributed by atoms with Crippen molar-refractivity contribution in [2.24, 2.45) is 0 Å². The highest BCUT2D eigenvalue weighted by Crippen LogP contribution is 2.36. The van der Waals surface area contributed by atoms with Gasteiger partial charge in [0.1, 0.15) is 0 Å². The molecule has 1 unspecified atom stereocenters. The number of aliphatic hydroxyl groups excluding tert-OH is 1. The van der Waals surface area contributed by atoms with Crippen molar-refractivity contribution in [2.45, 2.75) is 20.0 Å². The number of anilines is 3. The number of para-hydroxylation sites is 1. The molecule has 1 aliphatic heterocycles. The lowest BCUT2D eigenvalue weighted by Crippen LogP contribution is -2.17. The number of carbonyl (C=O) groups excluding carboxylic acids is 1. The Hall–Kier alpha value is -2.33. The van der Waals surface area contributed by atoms with Gasteiger partial charge >= 0.3 is 0 Å². The summed E-state index contributed by atoms with van der Waals surface area (Å²) in [6.45, 7) is 4.99. The molecule has 2 aromatic rings. The molecule has 1 amide bonds. The topological polar surface area (TPSA) is 52.6 Å². The van der Waals surface area contributed by atoms with Gasteiger partial charge in [0, 0.05) is 29.2 Å². The van der Waals surface area contributed by atoms with Gasteiger partial charge in [0.2, 0.25) is 0 Å². The van der Waals surface area contributed by atoms with E-state index in [0.29, 0.717) is 11.3 Å². The molecule has 0 saturated carbocycles. The molecule has 0 aliphatic carbocycles. The van der Waals surface area contributed by atoms with Gasteiger partial charge < -0.3 is 15.3 Å². The Morgan fingerprint density at radius 1 is 1.24 bits per heavy atom. The summed E-state index contributed by atoms with van der Waals surface area (Å²) in [5, 5.41) is 12.5. The van der Waals surface area contributed by atoms with E-state index in [0.717, 1.165) is 17.9 Å². The summed E-state index contributed by atoms with van der Waals surface area (Å²) < 4.78 is 0. The molecule has 0 aromatic heterocycles. The summed E-state index contributed by atoms with van der Waals surface area (Å²) in [7, 11) is 0. The number of aliphatic hydroxyl groups is 1. The fraction of sp³-hybridized carbons (Fsp3) is 0.235. The SMILES string of the molecule is CCN(c1ccc2c(c1)NC(=O)C2O)c1ccccc1C. The molecule has 108 valence electrons. The lowest BCUT2D eigenvalue weighted by Gasteiger charge is -2.25. The smallest absolute Gasteiger partial charge is 0.257 e. The molecule has 0 radical (unpaired) electrons. The number of hydrogen-bond acceptors (Lipinski definition) is 3. The normalized spacial score (nSPS) is 16.5. The molecular weight excluding hydrogens is 264 g/mol. The fourth-order valence-corrected chi connectivity index (χ4v) is 2.76. The van der Waals surface area contributed by atoms with Gasteiger partial charge in [-0.1, -0.05) is 24.3 Å². The Labute approximate surface area is 124 Å². The zero-order valence-corrected chi connectivity index (χ0v) is 12.1. The van der Waals surface area contributed by atoms with Crippen LogP contribution in [-0.4, -0.2) is 17.6 Å². The van der Waals surface area contributed by atoms with Crippen molar-refractivity contribution in [2.75, 3.05) is 16.8 Å². The second kappa shape index (κ2) is 5.22. The summed E-state index contributed by atoms with van der Waals surface area (Å²) >= 11 is 0. The summed E-state index contributed by atoms with van der Waals surface area (Å²) in [6.07, 6.45) is -1.05. The third-order valence-electron chi connectivity index (χ3n) is 3.87. The minimum atomic E-state index is -1.05. The molecule has 4 heteroatoms. The lowest BCUT2D eigenvalue weighted by molar-refractivity contribution is -0.123. The van der Waals surface area contributed by atoms with Crippen LogP contribution >= 0.6 is 0 Å². The summed E-state index contributed by atoms with van der Waals surface area (Å²) in [4.78, 5) is 13.7. The van der Waals surface area contributed by atoms with E-state index >= 15 is 0 Å². The van der Waals surface area contributed by atoms with Gasteiger partial charge in [0.15, 0.2) is 6.10 Å². The molecule has 0 fully saturated rings. The van der Waals surface area contributed by atoms with Crippen LogP contribution in [0.25, 0.3) is 0 Å². The van der Waals surface area contributed by atoms with Crippen LogP contribution < -0.4 is 10.2 Å². The number of rotatable bonds is 3. The summed E-state index contributed by atoms with van der Waals surface area (Å²) in [6, 6.07) is 13.9. The van der Waals surface area contributed by atoms with Crippen molar-refractivity contribution in [3.05, 3.63) is 53.6 Å². The van der Waals surface area contributed by atoms with Crippen LogP contribution in [0.4, 0.5) is 17.1 Å². The van der Waals surface area contributed by atoms with Gasteiger partial charge in [-0.25, -0.2) is 0 Å². The maximum absolute atomic E-state index is 11.5. The Morgan fingerprint density at radius 2 is 2.00 bits per heavy atom. The van der Waals surface area contributed by atoms with Crippen molar-refractivity contribution in [1.29, 1.82) is 0 Å². The van der Waals surface area contributed by atoms with E-state index in [9.17, 15) is 9.90 Å². The van der Waals surface area contributed by atoms with Crippen LogP contribution in [-0.2, 0) is 4.79 Å². The molecule has 0 bridgehead atoms. The monoisotopic (exact) mass is 282 g/mol. The number of nitrogens with one attached hydrogen (secondary N) is 1. The van der Waals surface area contributed by atoms with Gasteiger partial charge in [0.25, 0.3) is 5.91 Å². The second-order valence-corrected chi connectivity index (χ2v) is 5.19. The molecule has 0 saturated heterocycles. The van der Waals surface area contributed by atoms with Crippen molar-refractivity contribution < 1.29 is 9.90 Å². The zero-order valence-electron chi connectivity index (χ0n) is 12.1. The third kappa shape index (κ3) is 2.28. The van der Waals surface area contributed by atoms with E-state index in [-0.39, 0.29) is 5.91 Å². The number of carbonyl (C=O) groups is 1. The Bertz CT molecular complexity index is 697. The van der Waals surface area contributed by atoms with E-state index < -0.39 is 6.10 Å². The molecule has 4 nitrogen and oxygen atoms in total. The Morgan fingerprint density at radius 3 is 2.71 bits per heavy atom. The average molecular weight is 282 g/mol. The van der Waals surface area contributed by atoms with E-state index in [4.69, 9.17) is 0 Å². The van der Waals surface area contributed by atoms with E-state index in [1.54, 1.807) is 0 Å². The van der Waals surface area contributed by atoms with Crippen LogP contribution in [0.3, 0.4) is 0 Å². The number of benzene rings is 2. The molecule has 21 heavy (non-hydrogen) atoms. The van der Waals surface area contributed by atoms with E-state index in [1.165, 1.54) is 5.56 Å². The zero-order chi connectivity index (χ0) is 15.0. The van der Waals surface area contributed by atoms with Crippen molar-refractivity contribution in [1.82, 2.24) is 0 Å². The molecule has 1 atom stereocenters. The lowest BCUT2D eigenvalue weighted by atomic mass is 10.1. The van der Waals surface area contributed by atoms with E-state index in [1.807, 2.05) is 30.3 Å². The predicted molar refractivity (Wildman–Crippen MR) is 83.9 cm³/mol. The van der Waals surface area contributed by atoms with Crippen molar-refractivity contribution in [3.8, 4) is 0 Å². The van der Waals surface area contributed by atoms with Crippen LogP contribution in [0.15, 0.2) is 42.5 Å². The van der Waals surface area contributed by atoms with Gasteiger partial charge in [-0.3, -0.25) is 4.79 Å². The second-order valence-electron chi connectivity index (χ2n) is 5.19. The quantitative estimate of drug-likeness (QED) is 0.909. The first kappa shape index (κ1) is 13.6. The maximum atomic E-state index is 11.5. The van der Waals surface area contributed by atoms with Crippen LogP contribution in [0.2, 0.25) is 0 Å². The first-order valence-electron chi connectivity index (χ1n) is 7.08. The molecule has 1 aliphatic rings. The number of amides is 1. The molecule has 3 rings (SSSR count). The largest absolute Gasteiger partial charge is 0.378 e. The van der Waals surface area contributed by atoms with Gasteiger partial charge in [0.05, 0.1) is 0 Å². The summed E-state index contributed by atoms with van der Waals surface area (Å²) in [5.74, 6) is -0.360. The number of hydrogen-bond donors (Lipinski definition) is 2. The number of aryl methyl sites for hydroxylation is 1. The highest BCUT2D eigenvalue weighted by molar-refractivity contribution is 6.02. The van der Waals surface area contributed by atoms with E-state index in [2.05, 4.69) is 36.2 Å². The molecule has 0 spiro atoms. The standard InChI is InChI=1S/C17H18N2O2/c1-3-19(15-7-5-4-6-11(15)2)12-8-9-13-14(10-12)18-17(21)16(13)20/h4-10,16,20H,3H2,1-2H3,(H,18,21). The maximum Gasteiger partial charge on any atom is 0.257 e. The van der Waals surface area contributed by atoms with Gasteiger partial charge in [-0.2, -0.15) is 0 Å². The van der Waals surface area contributed by atoms with Gasteiger partial charge in [-0.05, 0) is 37.6 Å². The Kier molecular flexibility index (Phi) is 3.39. The highest BCUT2D eigenvalue weighted by atomic mass is 16.3. The molecular formula is C17H18N2O2. The molecule has 2 N–H and O–H groups in total. The number of fused-ring (bicyclic) bond motifs is 1. The predicted octanol–water partition coefficient (Wildman–Crippen LogP) is 3.14. The minimum absolute atomic E-state index is 0.360. The third-order valence-corrected chi connectivity index (χ3v) is 3.87. The average Bonchev–Trinajstić information content (AvgIpc) is 2.77. The fourth-order valence-electron chi connectivity index (χ4n) is 2.76. The van der Waals surface area contributed by atoms with Crippen LogP contribution in [0.1, 0.15) is 24.2 Å².